The van der Waals surface area contributed by atoms with Crippen LogP contribution < -0.4 is 19.6 Å². The van der Waals surface area contributed by atoms with Crippen LogP contribution >= 0.6 is 15.9 Å². The maximum Gasteiger partial charge on any atom is 0.267 e. The highest BCUT2D eigenvalue weighted by molar-refractivity contribution is 9.10. The Morgan fingerprint density at radius 1 is 1.00 bits per heavy atom. The molecule has 0 fully saturated rings. The minimum Gasteiger partial charge on any atom is -0.493 e. The van der Waals surface area contributed by atoms with E-state index in [-0.39, 0.29) is 16.9 Å². The van der Waals surface area contributed by atoms with Gasteiger partial charge >= 0.3 is 0 Å². The van der Waals surface area contributed by atoms with Gasteiger partial charge in [0.1, 0.15) is 0 Å². The van der Waals surface area contributed by atoms with Crippen molar-refractivity contribution in [2.24, 2.45) is 0 Å². The molecule has 1 rings (SSSR count). The van der Waals surface area contributed by atoms with Crippen molar-refractivity contribution in [3.05, 3.63) is 26.8 Å². The number of hydrogen-bond donors (Lipinski definition) is 0. The molecule has 0 aliphatic carbocycles. The summed E-state index contributed by atoms with van der Waals surface area (Å²) in [5.41, 5.74) is -0.353. The van der Waals surface area contributed by atoms with Crippen LogP contribution in [0.25, 0.3) is 0 Å². The Balaban J connectivity index is 3.63. The molecule has 1 aromatic rings. The van der Waals surface area contributed by atoms with E-state index in [1.165, 1.54) is 21.3 Å². The molecule has 4 nitrogen and oxygen atoms in total. The molecular formula is C10H11BrO4. The molecule has 0 atom stereocenters. The van der Waals surface area contributed by atoms with Crippen molar-refractivity contribution in [2.75, 3.05) is 21.3 Å². The van der Waals surface area contributed by atoms with Crippen molar-refractivity contribution in [1.29, 1.82) is 0 Å². The maximum absolute atomic E-state index is 11.9. The highest BCUT2D eigenvalue weighted by atomic mass is 79.9. The van der Waals surface area contributed by atoms with Crippen LogP contribution in [0.3, 0.4) is 0 Å². The van der Waals surface area contributed by atoms with E-state index in [4.69, 9.17) is 14.2 Å². The lowest BCUT2D eigenvalue weighted by Crippen LogP contribution is -2.07. The standard InChI is InChI=1S/C10H11BrO4/c1-13-7-5-4-6(11)9(14-2)8(12)10(7)15-3/h4-5H,1-3H3. The van der Waals surface area contributed by atoms with Crippen LogP contribution in [0.15, 0.2) is 21.4 Å². The molecule has 0 saturated carbocycles. The third kappa shape index (κ3) is 2.23. The molecule has 0 bridgehead atoms. The number of rotatable bonds is 3. The van der Waals surface area contributed by atoms with Gasteiger partial charge in [-0.15, -0.1) is 0 Å². The van der Waals surface area contributed by atoms with Gasteiger partial charge in [0.15, 0.2) is 11.5 Å². The van der Waals surface area contributed by atoms with Crippen LogP contribution in [0, 0.1) is 0 Å². The van der Waals surface area contributed by atoms with Gasteiger partial charge < -0.3 is 14.2 Å². The van der Waals surface area contributed by atoms with Gasteiger partial charge in [-0.1, -0.05) is 0 Å². The molecule has 5 heteroatoms. The van der Waals surface area contributed by atoms with Gasteiger partial charge in [-0.3, -0.25) is 4.79 Å². The maximum atomic E-state index is 11.9. The van der Waals surface area contributed by atoms with Crippen molar-refractivity contribution in [3.63, 3.8) is 0 Å². The minimum absolute atomic E-state index is 0.125. The monoisotopic (exact) mass is 274 g/mol. The Labute approximate surface area is 95.9 Å². The number of halogens is 1. The number of hydrogen-bond acceptors (Lipinski definition) is 4. The van der Waals surface area contributed by atoms with Crippen molar-refractivity contribution in [1.82, 2.24) is 0 Å². The van der Waals surface area contributed by atoms with Crippen molar-refractivity contribution in [2.45, 2.75) is 0 Å². The van der Waals surface area contributed by atoms with E-state index in [2.05, 4.69) is 15.9 Å². The topological polar surface area (TPSA) is 44.8 Å². The fourth-order valence-corrected chi connectivity index (χ4v) is 1.64. The first-order chi connectivity index (χ1) is 7.15. The van der Waals surface area contributed by atoms with Gasteiger partial charge in [0, 0.05) is 0 Å². The Morgan fingerprint density at radius 3 is 2.07 bits per heavy atom. The van der Waals surface area contributed by atoms with E-state index in [9.17, 15) is 4.79 Å². The summed E-state index contributed by atoms with van der Waals surface area (Å²) in [5, 5.41) is 0. The molecule has 82 valence electrons. The third-order valence-corrected chi connectivity index (χ3v) is 2.49. The largest absolute Gasteiger partial charge is 0.493 e. The number of ether oxygens (including phenoxy) is 3. The second kappa shape index (κ2) is 5.02. The first-order valence-electron chi connectivity index (χ1n) is 4.14. The Bertz CT molecular complexity index is 417. The molecule has 15 heavy (non-hydrogen) atoms. The minimum atomic E-state index is -0.353. The van der Waals surface area contributed by atoms with E-state index in [1.807, 2.05) is 0 Å². The average molecular weight is 275 g/mol. The molecular weight excluding hydrogens is 264 g/mol. The highest BCUT2D eigenvalue weighted by Gasteiger charge is 2.13. The van der Waals surface area contributed by atoms with Gasteiger partial charge in [0.2, 0.25) is 5.75 Å². The van der Waals surface area contributed by atoms with Crippen LogP contribution in [0.4, 0.5) is 0 Å². The molecule has 0 N–H and O–H groups in total. The van der Waals surface area contributed by atoms with Gasteiger partial charge in [-0.05, 0) is 28.1 Å². The summed E-state index contributed by atoms with van der Waals surface area (Å²) in [6.07, 6.45) is 0. The fourth-order valence-electron chi connectivity index (χ4n) is 1.17. The average Bonchev–Trinajstić information content (AvgIpc) is 2.35. The molecule has 0 spiro atoms. The Morgan fingerprint density at radius 2 is 1.60 bits per heavy atom. The van der Waals surface area contributed by atoms with Crippen molar-refractivity contribution < 1.29 is 14.2 Å². The Hall–Kier alpha value is -1.23. The lowest BCUT2D eigenvalue weighted by atomic mass is 10.4. The molecule has 0 saturated heterocycles. The van der Waals surface area contributed by atoms with E-state index in [0.29, 0.717) is 10.2 Å². The van der Waals surface area contributed by atoms with Crippen LogP contribution in [0.5, 0.6) is 17.2 Å². The second-order valence-electron chi connectivity index (χ2n) is 2.65. The summed E-state index contributed by atoms with van der Waals surface area (Å²) >= 11 is 3.23. The van der Waals surface area contributed by atoms with Gasteiger partial charge in [-0.25, -0.2) is 0 Å². The predicted octanol–water partition coefficient (Wildman–Crippen LogP) is 1.84. The molecule has 1 aromatic carbocycles. The summed E-state index contributed by atoms with van der Waals surface area (Å²) in [5.74, 6) is 0.682. The zero-order valence-electron chi connectivity index (χ0n) is 8.67. The summed E-state index contributed by atoms with van der Waals surface area (Å²) in [6.45, 7) is 0. The van der Waals surface area contributed by atoms with E-state index < -0.39 is 0 Å². The van der Waals surface area contributed by atoms with Crippen molar-refractivity contribution in [3.8, 4) is 17.2 Å². The summed E-state index contributed by atoms with van der Waals surface area (Å²) in [7, 11) is 4.30. The first-order valence-corrected chi connectivity index (χ1v) is 4.93. The molecule has 0 unspecified atom stereocenters. The lowest BCUT2D eigenvalue weighted by Gasteiger charge is -2.02. The molecule has 0 aromatic heterocycles. The van der Waals surface area contributed by atoms with Gasteiger partial charge in [0.05, 0.1) is 25.8 Å². The van der Waals surface area contributed by atoms with Gasteiger partial charge in [0.25, 0.3) is 5.43 Å². The predicted molar refractivity (Wildman–Crippen MR) is 60.1 cm³/mol. The third-order valence-electron chi connectivity index (χ3n) is 1.86. The van der Waals surface area contributed by atoms with E-state index in [0.717, 1.165) is 0 Å². The lowest BCUT2D eigenvalue weighted by molar-refractivity contribution is 0.348. The van der Waals surface area contributed by atoms with Crippen LogP contribution in [-0.4, -0.2) is 21.3 Å². The quantitative estimate of drug-likeness (QED) is 0.844. The molecule has 0 amide bonds. The summed E-state index contributed by atoms with van der Waals surface area (Å²) in [6, 6.07) is 3.30. The van der Waals surface area contributed by atoms with Crippen LogP contribution in [-0.2, 0) is 0 Å². The molecule has 0 aliphatic heterocycles. The zero-order chi connectivity index (χ0) is 11.4. The number of methoxy groups -OCH3 is 3. The van der Waals surface area contributed by atoms with Crippen LogP contribution in [0.2, 0.25) is 0 Å². The molecule has 0 aliphatic rings. The summed E-state index contributed by atoms with van der Waals surface area (Å²) in [4.78, 5) is 11.9. The second-order valence-corrected chi connectivity index (χ2v) is 3.50. The van der Waals surface area contributed by atoms with Crippen LogP contribution in [0.1, 0.15) is 0 Å². The Kier molecular flexibility index (Phi) is 3.96. The molecule has 0 heterocycles. The smallest absolute Gasteiger partial charge is 0.267 e. The summed E-state index contributed by atoms with van der Waals surface area (Å²) < 4.78 is 15.6. The van der Waals surface area contributed by atoms with Crippen molar-refractivity contribution >= 4 is 15.9 Å². The SMILES string of the molecule is COc1ccc(Br)c(OC)c(=O)c1OC. The zero-order valence-corrected chi connectivity index (χ0v) is 10.3. The van der Waals surface area contributed by atoms with Gasteiger partial charge in [-0.2, -0.15) is 0 Å². The fraction of sp³-hybridized carbons (Fsp3) is 0.300. The highest BCUT2D eigenvalue weighted by Crippen LogP contribution is 2.28. The van der Waals surface area contributed by atoms with E-state index >= 15 is 0 Å². The first kappa shape index (κ1) is 11.8. The van der Waals surface area contributed by atoms with E-state index in [1.54, 1.807) is 12.1 Å². The normalized spacial score (nSPS) is 9.60. The molecule has 0 radical (unpaired) electrons.